The quantitative estimate of drug-likeness (QED) is 0.565. The van der Waals surface area contributed by atoms with Crippen LogP contribution in [0.15, 0.2) is 69.2 Å². The number of H-pyrrole nitrogens is 2. The lowest BCUT2D eigenvalue weighted by Gasteiger charge is -2.10. The number of aromatic nitrogens is 3. The predicted octanol–water partition coefficient (Wildman–Crippen LogP) is 4.69. The van der Waals surface area contributed by atoms with Crippen molar-refractivity contribution in [3.8, 4) is 11.3 Å². The molecule has 0 aliphatic heterocycles. The number of nitrogens with one attached hydrogen (secondary N) is 2. The SMILES string of the molecule is Cc1ccccc1Sc1cc(-c2c(C)[nH][nH]c2=O)nc2ccccc12. The zero-order valence-corrected chi connectivity index (χ0v) is 14.8. The molecule has 2 aromatic carbocycles. The van der Waals surface area contributed by atoms with E-state index in [9.17, 15) is 4.79 Å². The van der Waals surface area contributed by atoms with Crippen molar-refractivity contribution in [2.24, 2.45) is 0 Å². The van der Waals surface area contributed by atoms with Gasteiger partial charge in [0.15, 0.2) is 0 Å². The van der Waals surface area contributed by atoms with Gasteiger partial charge in [-0.05, 0) is 37.6 Å². The van der Waals surface area contributed by atoms with Crippen LogP contribution in [0.5, 0.6) is 0 Å². The molecule has 0 atom stereocenters. The number of rotatable bonds is 3. The molecular weight excluding hydrogens is 330 g/mol. The van der Waals surface area contributed by atoms with Crippen LogP contribution in [0.3, 0.4) is 0 Å². The second kappa shape index (κ2) is 6.26. The van der Waals surface area contributed by atoms with Gasteiger partial charge in [-0.1, -0.05) is 48.2 Å². The van der Waals surface area contributed by atoms with Gasteiger partial charge in [0, 0.05) is 20.9 Å². The highest BCUT2D eigenvalue weighted by Crippen LogP contribution is 2.36. The maximum Gasteiger partial charge on any atom is 0.273 e. The Balaban J connectivity index is 1.94. The van der Waals surface area contributed by atoms with Crippen molar-refractivity contribution in [1.82, 2.24) is 15.2 Å². The number of hydrogen-bond donors (Lipinski definition) is 2. The van der Waals surface area contributed by atoms with Crippen LogP contribution in [0.25, 0.3) is 22.2 Å². The van der Waals surface area contributed by atoms with Crippen LogP contribution in [0, 0.1) is 13.8 Å². The van der Waals surface area contributed by atoms with Gasteiger partial charge in [-0.25, -0.2) is 4.98 Å². The van der Waals surface area contributed by atoms with Crippen LogP contribution in [-0.2, 0) is 0 Å². The highest BCUT2D eigenvalue weighted by Gasteiger charge is 2.14. The third-order valence-corrected chi connectivity index (χ3v) is 5.45. The molecule has 0 amide bonds. The third-order valence-electron chi connectivity index (χ3n) is 4.21. The molecule has 0 radical (unpaired) electrons. The number of aryl methyl sites for hydroxylation is 2. The van der Waals surface area contributed by atoms with Gasteiger partial charge in [0.25, 0.3) is 5.56 Å². The minimum absolute atomic E-state index is 0.146. The Kier molecular flexibility index (Phi) is 3.93. The van der Waals surface area contributed by atoms with Crippen molar-refractivity contribution in [2.75, 3.05) is 0 Å². The van der Waals surface area contributed by atoms with E-state index in [0.29, 0.717) is 11.3 Å². The molecule has 0 spiro atoms. The Hall–Kier alpha value is -2.79. The van der Waals surface area contributed by atoms with E-state index in [1.807, 2.05) is 43.3 Å². The maximum atomic E-state index is 12.2. The molecule has 4 nitrogen and oxygen atoms in total. The summed E-state index contributed by atoms with van der Waals surface area (Å²) >= 11 is 1.70. The average Bonchev–Trinajstić information content (AvgIpc) is 2.95. The Morgan fingerprint density at radius 3 is 2.44 bits per heavy atom. The molecule has 4 aromatic rings. The Bertz CT molecular complexity index is 1130. The summed E-state index contributed by atoms with van der Waals surface area (Å²) in [6.07, 6.45) is 0. The van der Waals surface area contributed by atoms with Gasteiger partial charge >= 0.3 is 0 Å². The number of aromatic amines is 2. The molecule has 25 heavy (non-hydrogen) atoms. The van der Waals surface area contributed by atoms with Crippen molar-refractivity contribution in [1.29, 1.82) is 0 Å². The zero-order valence-electron chi connectivity index (χ0n) is 14.0. The molecule has 0 aliphatic carbocycles. The molecule has 0 saturated carbocycles. The van der Waals surface area contributed by atoms with Gasteiger partial charge in [0.1, 0.15) is 0 Å². The van der Waals surface area contributed by atoms with Crippen LogP contribution in [0.4, 0.5) is 0 Å². The standard InChI is InChI=1S/C20H17N3OS/c1-12-7-3-6-10-17(12)25-18-11-16(19-13(2)22-23-20(19)24)21-15-9-5-4-8-14(15)18/h3-11H,1-2H3,(H2,22,23,24). The molecule has 4 rings (SSSR count). The van der Waals surface area contributed by atoms with Crippen molar-refractivity contribution < 1.29 is 0 Å². The predicted molar refractivity (Wildman–Crippen MR) is 102 cm³/mol. The molecule has 124 valence electrons. The Morgan fingerprint density at radius 2 is 1.68 bits per heavy atom. The first kappa shape index (κ1) is 15.7. The molecule has 0 bridgehead atoms. The fraction of sp³-hybridized carbons (Fsp3) is 0.100. The van der Waals surface area contributed by atoms with Crippen molar-refractivity contribution in [3.05, 3.63) is 76.2 Å². The molecule has 0 fully saturated rings. The summed E-state index contributed by atoms with van der Waals surface area (Å²) in [7, 11) is 0. The number of benzene rings is 2. The van der Waals surface area contributed by atoms with Crippen molar-refractivity contribution >= 4 is 22.7 Å². The third kappa shape index (κ3) is 2.87. The molecule has 2 N–H and O–H groups in total. The number of para-hydroxylation sites is 1. The van der Waals surface area contributed by atoms with Crippen LogP contribution in [0.2, 0.25) is 0 Å². The summed E-state index contributed by atoms with van der Waals surface area (Å²) in [5.41, 5.74) is 4.04. The molecular formula is C20H17N3OS. The second-order valence-electron chi connectivity index (χ2n) is 5.97. The van der Waals surface area contributed by atoms with E-state index in [1.54, 1.807) is 11.8 Å². The lowest BCUT2D eigenvalue weighted by molar-refractivity contribution is 1.02. The fourth-order valence-corrected chi connectivity index (χ4v) is 3.97. The number of fused-ring (bicyclic) bond motifs is 1. The van der Waals surface area contributed by atoms with E-state index in [0.717, 1.165) is 21.5 Å². The largest absolute Gasteiger partial charge is 0.302 e. The number of hydrogen-bond acceptors (Lipinski definition) is 3. The van der Waals surface area contributed by atoms with Gasteiger partial charge in [0.05, 0.1) is 16.8 Å². The van der Waals surface area contributed by atoms with Crippen molar-refractivity contribution in [2.45, 2.75) is 23.6 Å². The van der Waals surface area contributed by atoms with E-state index in [4.69, 9.17) is 4.98 Å². The summed E-state index contributed by atoms with van der Waals surface area (Å²) in [5, 5.41) is 6.60. The number of nitrogens with zero attached hydrogens (tertiary/aromatic N) is 1. The lowest BCUT2D eigenvalue weighted by Crippen LogP contribution is -2.03. The lowest BCUT2D eigenvalue weighted by atomic mass is 10.1. The monoisotopic (exact) mass is 347 g/mol. The van der Waals surface area contributed by atoms with Crippen LogP contribution >= 0.6 is 11.8 Å². The molecule has 0 saturated heterocycles. The minimum atomic E-state index is -0.146. The molecule has 2 heterocycles. The second-order valence-corrected chi connectivity index (χ2v) is 7.05. The first-order valence-electron chi connectivity index (χ1n) is 8.04. The van der Waals surface area contributed by atoms with Crippen molar-refractivity contribution in [3.63, 3.8) is 0 Å². The van der Waals surface area contributed by atoms with E-state index in [-0.39, 0.29) is 5.56 Å². The van der Waals surface area contributed by atoms with Gasteiger partial charge < -0.3 is 5.10 Å². The van der Waals surface area contributed by atoms with E-state index >= 15 is 0 Å². The smallest absolute Gasteiger partial charge is 0.273 e. The summed E-state index contributed by atoms with van der Waals surface area (Å²) in [5.74, 6) is 0. The van der Waals surface area contributed by atoms with Gasteiger partial charge in [-0.15, -0.1) is 0 Å². The van der Waals surface area contributed by atoms with Crippen LogP contribution in [0.1, 0.15) is 11.3 Å². The zero-order chi connectivity index (χ0) is 17.4. The van der Waals surface area contributed by atoms with E-state index < -0.39 is 0 Å². The van der Waals surface area contributed by atoms with E-state index in [2.05, 4.69) is 35.3 Å². The maximum absolute atomic E-state index is 12.2. The minimum Gasteiger partial charge on any atom is -0.302 e. The van der Waals surface area contributed by atoms with E-state index in [1.165, 1.54) is 10.5 Å². The molecule has 2 aromatic heterocycles. The van der Waals surface area contributed by atoms with Crippen LogP contribution in [-0.4, -0.2) is 15.2 Å². The first-order chi connectivity index (χ1) is 12.1. The summed E-state index contributed by atoms with van der Waals surface area (Å²) < 4.78 is 0. The summed E-state index contributed by atoms with van der Waals surface area (Å²) in [6.45, 7) is 3.98. The normalized spacial score (nSPS) is 11.1. The fourth-order valence-electron chi connectivity index (χ4n) is 2.90. The van der Waals surface area contributed by atoms with Crippen LogP contribution < -0.4 is 5.56 Å². The van der Waals surface area contributed by atoms with Gasteiger partial charge in [0.2, 0.25) is 0 Å². The highest BCUT2D eigenvalue weighted by atomic mass is 32.2. The highest BCUT2D eigenvalue weighted by molar-refractivity contribution is 7.99. The average molecular weight is 347 g/mol. The molecule has 0 aliphatic rings. The Labute approximate surface area is 149 Å². The van der Waals surface area contributed by atoms with Gasteiger partial charge in [-0.2, -0.15) is 0 Å². The number of pyridine rings is 1. The first-order valence-corrected chi connectivity index (χ1v) is 8.86. The molecule has 0 unspecified atom stereocenters. The van der Waals surface area contributed by atoms with Gasteiger partial charge in [-0.3, -0.25) is 9.89 Å². The topological polar surface area (TPSA) is 61.5 Å². The summed E-state index contributed by atoms with van der Waals surface area (Å²) in [6, 6.07) is 18.3. The summed E-state index contributed by atoms with van der Waals surface area (Å²) in [4.78, 5) is 19.2. The Morgan fingerprint density at radius 1 is 0.920 bits per heavy atom. The molecule has 5 heteroatoms.